The van der Waals surface area contributed by atoms with Crippen molar-refractivity contribution < 1.29 is 15.0 Å². The first kappa shape index (κ1) is 15.2. The highest BCUT2D eigenvalue weighted by molar-refractivity contribution is 5.67. The number of benzene rings is 1. The van der Waals surface area contributed by atoms with E-state index in [0.29, 0.717) is 18.7 Å². The molecule has 0 amide bonds. The number of nitrogens with zero attached hydrogens (tertiary/aromatic N) is 3. The third-order valence-electron chi connectivity index (χ3n) is 3.75. The Morgan fingerprint density at radius 2 is 1.95 bits per heavy atom. The van der Waals surface area contributed by atoms with Gasteiger partial charge in [-0.25, -0.2) is 0 Å². The van der Waals surface area contributed by atoms with Gasteiger partial charge in [-0.2, -0.15) is 0 Å². The molecule has 1 N–H and O–H groups in total. The summed E-state index contributed by atoms with van der Waals surface area (Å²) in [4.78, 5) is 22.6. The van der Waals surface area contributed by atoms with Crippen molar-refractivity contribution in [3.63, 3.8) is 0 Å². The maximum atomic E-state index is 11.2. The fraction of sp³-hybridized carbons (Fsp3) is 0.538. The number of aliphatic hydroxyl groups excluding tert-OH is 1. The van der Waals surface area contributed by atoms with Crippen LogP contribution in [-0.4, -0.2) is 34.1 Å². The largest absolute Gasteiger partial charge is 0.396 e. The Balaban J connectivity index is 2.38. The molecule has 0 atom stereocenters. The van der Waals surface area contributed by atoms with Gasteiger partial charge in [0.2, 0.25) is 0 Å². The van der Waals surface area contributed by atoms with E-state index in [1.54, 1.807) is 0 Å². The fourth-order valence-electron chi connectivity index (χ4n) is 2.45. The van der Waals surface area contributed by atoms with E-state index in [2.05, 4.69) is 0 Å². The first-order chi connectivity index (χ1) is 10.0. The molecule has 0 radical (unpaired) electrons. The van der Waals surface area contributed by atoms with Crippen molar-refractivity contribution in [1.29, 1.82) is 0 Å². The monoisotopic (exact) mass is 295 g/mol. The van der Waals surface area contributed by atoms with Crippen molar-refractivity contribution in [1.82, 2.24) is 0 Å². The van der Waals surface area contributed by atoms with Crippen molar-refractivity contribution in [2.45, 2.75) is 31.7 Å². The first-order valence-corrected chi connectivity index (χ1v) is 6.85. The lowest BCUT2D eigenvalue weighted by Crippen LogP contribution is -2.41. The van der Waals surface area contributed by atoms with Gasteiger partial charge in [-0.05, 0) is 31.7 Å². The Bertz CT molecular complexity index is 545. The quantitative estimate of drug-likeness (QED) is 0.610. The van der Waals surface area contributed by atoms with Crippen LogP contribution in [0.25, 0.3) is 0 Å². The maximum Gasteiger partial charge on any atom is 0.299 e. The highest BCUT2D eigenvalue weighted by Crippen LogP contribution is 2.37. The molecular formula is C13H17N3O5. The summed E-state index contributed by atoms with van der Waals surface area (Å²) in [6, 6.07) is 3.93. The lowest BCUT2D eigenvalue weighted by atomic mass is 9.90. The van der Waals surface area contributed by atoms with Gasteiger partial charge in [0.1, 0.15) is 5.69 Å². The summed E-state index contributed by atoms with van der Waals surface area (Å²) >= 11 is 0. The molecule has 8 nitrogen and oxygen atoms in total. The molecule has 21 heavy (non-hydrogen) atoms. The van der Waals surface area contributed by atoms with E-state index < -0.39 is 9.85 Å². The summed E-state index contributed by atoms with van der Waals surface area (Å²) in [5.74, 6) is 0. The van der Waals surface area contributed by atoms with Gasteiger partial charge in [0.05, 0.1) is 15.9 Å². The van der Waals surface area contributed by atoms with Crippen molar-refractivity contribution in [2.75, 3.05) is 18.1 Å². The van der Waals surface area contributed by atoms with Gasteiger partial charge in [-0.1, -0.05) is 0 Å². The van der Waals surface area contributed by atoms with Crippen LogP contribution in [0.3, 0.4) is 0 Å². The number of hydrogen-bond donors (Lipinski definition) is 1. The molecule has 0 spiro atoms. The summed E-state index contributed by atoms with van der Waals surface area (Å²) in [6.07, 6.45) is 3.46. The van der Waals surface area contributed by atoms with Crippen molar-refractivity contribution in [3.8, 4) is 0 Å². The number of non-ortho nitro benzene ring substituents is 1. The summed E-state index contributed by atoms with van der Waals surface area (Å²) in [6.45, 7) is 0.504. The molecule has 0 saturated heterocycles. The molecule has 0 bridgehead atoms. The zero-order chi connectivity index (χ0) is 15.4. The number of nitro groups is 2. The van der Waals surface area contributed by atoms with E-state index >= 15 is 0 Å². The lowest BCUT2D eigenvalue weighted by molar-refractivity contribution is -0.393. The highest BCUT2D eigenvalue weighted by Gasteiger charge is 2.30. The molecule has 0 heterocycles. The molecular weight excluding hydrogens is 278 g/mol. The van der Waals surface area contributed by atoms with Crippen LogP contribution >= 0.6 is 0 Å². The summed E-state index contributed by atoms with van der Waals surface area (Å²) in [5.41, 5.74) is -0.154. The van der Waals surface area contributed by atoms with E-state index in [-0.39, 0.29) is 24.0 Å². The van der Waals surface area contributed by atoms with E-state index in [1.165, 1.54) is 12.1 Å². The second kappa shape index (κ2) is 6.49. The predicted octanol–water partition coefficient (Wildman–Crippen LogP) is 2.24. The van der Waals surface area contributed by atoms with Crippen LogP contribution in [0.15, 0.2) is 18.2 Å². The zero-order valence-electron chi connectivity index (χ0n) is 11.5. The molecule has 0 aromatic heterocycles. The normalized spacial score (nSPS) is 14.5. The Morgan fingerprint density at radius 3 is 2.43 bits per heavy atom. The van der Waals surface area contributed by atoms with Gasteiger partial charge in [-0.15, -0.1) is 0 Å². The second-order valence-corrected chi connectivity index (χ2v) is 5.04. The van der Waals surface area contributed by atoms with Crippen LogP contribution in [0, 0.1) is 20.2 Å². The Labute approximate surface area is 121 Å². The van der Waals surface area contributed by atoms with Crippen molar-refractivity contribution in [3.05, 3.63) is 38.4 Å². The van der Waals surface area contributed by atoms with Gasteiger partial charge in [0.15, 0.2) is 0 Å². The van der Waals surface area contributed by atoms with E-state index in [9.17, 15) is 20.2 Å². The minimum Gasteiger partial charge on any atom is -0.396 e. The molecule has 1 aliphatic carbocycles. The van der Waals surface area contributed by atoms with Crippen LogP contribution in [0.4, 0.5) is 17.1 Å². The third kappa shape index (κ3) is 3.27. The van der Waals surface area contributed by atoms with Crippen LogP contribution in [0.1, 0.15) is 25.7 Å². The SMILES string of the molecule is O=[N+]([O-])c1ccc(N(CCCO)C2CCC2)c([N+](=O)[O-])c1. The van der Waals surface area contributed by atoms with Gasteiger partial charge in [0.25, 0.3) is 11.4 Å². The number of rotatable bonds is 7. The minimum atomic E-state index is -0.641. The van der Waals surface area contributed by atoms with Gasteiger partial charge < -0.3 is 10.0 Å². The minimum absolute atomic E-state index is 0.00397. The average molecular weight is 295 g/mol. The molecule has 0 aliphatic heterocycles. The van der Waals surface area contributed by atoms with Gasteiger partial charge in [-0.3, -0.25) is 20.2 Å². The Morgan fingerprint density at radius 1 is 1.24 bits per heavy atom. The van der Waals surface area contributed by atoms with Gasteiger partial charge >= 0.3 is 0 Å². The molecule has 2 rings (SSSR count). The number of anilines is 1. The smallest absolute Gasteiger partial charge is 0.299 e. The van der Waals surface area contributed by atoms with Crippen LogP contribution < -0.4 is 4.90 Å². The molecule has 1 fully saturated rings. The molecule has 1 saturated carbocycles. The predicted molar refractivity (Wildman–Crippen MR) is 76.4 cm³/mol. The zero-order valence-corrected chi connectivity index (χ0v) is 11.5. The summed E-state index contributed by atoms with van der Waals surface area (Å²) in [5, 5.41) is 31.0. The number of nitro benzene ring substituents is 2. The molecule has 1 aromatic carbocycles. The fourth-order valence-corrected chi connectivity index (χ4v) is 2.45. The first-order valence-electron chi connectivity index (χ1n) is 6.85. The summed E-state index contributed by atoms with van der Waals surface area (Å²) in [7, 11) is 0. The van der Waals surface area contributed by atoms with Crippen LogP contribution in [0.5, 0.6) is 0 Å². The number of aliphatic hydroxyl groups is 1. The van der Waals surface area contributed by atoms with Crippen molar-refractivity contribution in [2.24, 2.45) is 0 Å². The standard InChI is InChI=1S/C13H17N3O5/c17-8-2-7-14(10-3-1-4-10)12-6-5-11(15(18)19)9-13(12)16(20)21/h5-6,9-10,17H,1-4,7-8H2. The van der Waals surface area contributed by atoms with Crippen LogP contribution in [-0.2, 0) is 0 Å². The Kier molecular flexibility index (Phi) is 4.69. The average Bonchev–Trinajstić information content (AvgIpc) is 2.40. The topological polar surface area (TPSA) is 110 Å². The molecule has 0 unspecified atom stereocenters. The summed E-state index contributed by atoms with van der Waals surface area (Å²) < 4.78 is 0. The molecule has 1 aliphatic rings. The number of hydrogen-bond acceptors (Lipinski definition) is 6. The lowest BCUT2D eigenvalue weighted by Gasteiger charge is -2.38. The Hall–Kier alpha value is -2.22. The van der Waals surface area contributed by atoms with Crippen molar-refractivity contribution >= 4 is 17.1 Å². The third-order valence-corrected chi connectivity index (χ3v) is 3.75. The molecule has 8 heteroatoms. The van der Waals surface area contributed by atoms with E-state index in [4.69, 9.17) is 5.11 Å². The van der Waals surface area contributed by atoms with Crippen LogP contribution in [0.2, 0.25) is 0 Å². The highest BCUT2D eigenvalue weighted by atomic mass is 16.6. The molecule has 114 valence electrons. The molecule has 1 aromatic rings. The van der Waals surface area contributed by atoms with E-state index in [0.717, 1.165) is 25.3 Å². The van der Waals surface area contributed by atoms with Gasteiger partial charge in [0, 0.05) is 25.3 Å². The van der Waals surface area contributed by atoms with E-state index in [1.807, 2.05) is 4.90 Å². The second-order valence-electron chi connectivity index (χ2n) is 5.04. The maximum absolute atomic E-state index is 11.2.